The molecule has 0 aliphatic heterocycles. The van der Waals surface area contributed by atoms with E-state index in [0.717, 1.165) is 0 Å². The molecule has 0 saturated carbocycles. The molecular weight excluding hydrogens is 140 g/mol. The summed E-state index contributed by atoms with van der Waals surface area (Å²) in [5.41, 5.74) is 8.36. The molecule has 0 aliphatic carbocycles. The van der Waals surface area contributed by atoms with Gasteiger partial charge in [-0.05, 0) is 19.1 Å². The zero-order valence-electron chi connectivity index (χ0n) is 6.49. The van der Waals surface area contributed by atoms with Gasteiger partial charge in [-0.1, -0.05) is 0 Å². The maximum atomic E-state index is 5.49. The number of nitrogens with two attached hydrogens (primary N) is 1. The highest BCUT2D eigenvalue weighted by atomic mass is 15.4. The van der Waals surface area contributed by atoms with Gasteiger partial charge in [-0.25, -0.2) is 0 Å². The normalized spacial score (nSPS) is 11.5. The Kier molecular flexibility index (Phi) is 2.54. The van der Waals surface area contributed by atoms with Crippen molar-refractivity contribution in [2.24, 2.45) is 10.7 Å². The van der Waals surface area contributed by atoms with Crippen molar-refractivity contribution < 1.29 is 0 Å². The molecule has 0 spiro atoms. The third-order valence-corrected chi connectivity index (χ3v) is 1.18. The topological polar surface area (TPSA) is 55.3 Å². The van der Waals surface area contributed by atoms with E-state index in [2.05, 4.69) is 10.4 Å². The molecule has 0 aromatic carbocycles. The van der Waals surface area contributed by atoms with E-state index in [9.17, 15) is 0 Å². The molecule has 0 amide bonds. The van der Waals surface area contributed by atoms with Gasteiger partial charge < -0.3 is 5.73 Å². The maximum Gasteiger partial charge on any atom is 0.208 e. The molecule has 0 aliphatic rings. The maximum absolute atomic E-state index is 5.49. The second-order valence-electron chi connectivity index (χ2n) is 2.06. The van der Waals surface area contributed by atoms with Crippen LogP contribution in [-0.4, -0.2) is 17.2 Å². The van der Waals surface area contributed by atoms with Crippen LogP contribution in [0.1, 0.15) is 6.92 Å². The van der Waals surface area contributed by atoms with Gasteiger partial charge in [0.2, 0.25) is 5.96 Å². The largest absolute Gasteiger partial charge is 0.369 e. The fourth-order valence-electron chi connectivity index (χ4n) is 0.747. The van der Waals surface area contributed by atoms with E-state index in [-0.39, 0.29) is 0 Å². The quantitative estimate of drug-likeness (QED) is 0.475. The molecule has 3 N–H and O–H groups in total. The summed E-state index contributed by atoms with van der Waals surface area (Å²) >= 11 is 0. The first-order valence-corrected chi connectivity index (χ1v) is 3.53. The number of rotatable bonds is 2. The van der Waals surface area contributed by atoms with Crippen molar-refractivity contribution in [1.29, 1.82) is 0 Å². The van der Waals surface area contributed by atoms with Crippen LogP contribution in [0.4, 0.5) is 0 Å². The number of hydrogen-bond acceptors (Lipinski definition) is 1. The number of hydrogen-bond donors (Lipinski definition) is 2. The minimum absolute atomic E-state index is 0.434. The molecule has 0 unspecified atom stereocenters. The van der Waals surface area contributed by atoms with Gasteiger partial charge in [0.05, 0.1) is 0 Å². The lowest BCUT2D eigenvalue weighted by molar-refractivity contribution is 0.970. The Labute approximate surface area is 65.7 Å². The monoisotopic (exact) mass is 152 g/mol. The Bertz CT molecular complexity index is 225. The summed E-state index contributed by atoms with van der Waals surface area (Å²) in [7, 11) is 0. The Hall–Kier alpha value is -1.45. The van der Waals surface area contributed by atoms with Gasteiger partial charge in [0.15, 0.2) is 0 Å². The standard InChI is InChI=1S/C7H12N4/c1-2-9-7(8)10-11-5-3-4-6-11/h3-6H,2H2,1H3,(H3,8,9,10). The third-order valence-electron chi connectivity index (χ3n) is 1.18. The molecule has 1 heterocycles. The van der Waals surface area contributed by atoms with Crippen LogP contribution in [0.3, 0.4) is 0 Å². The van der Waals surface area contributed by atoms with E-state index in [4.69, 9.17) is 5.73 Å². The van der Waals surface area contributed by atoms with Gasteiger partial charge in [0.1, 0.15) is 0 Å². The van der Waals surface area contributed by atoms with Crippen molar-refractivity contribution in [3.63, 3.8) is 0 Å². The minimum Gasteiger partial charge on any atom is -0.369 e. The first-order chi connectivity index (χ1) is 5.33. The summed E-state index contributed by atoms with van der Waals surface area (Å²) < 4.78 is 1.74. The molecule has 1 aromatic heterocycles. The minimum atomic E-state index is 0.434. The number of guanidine groups is 1. The molecule has 0 saturated heterocycles. The lowest BCUT2D eigenvalue weighted by Crippen LogP contribution is -2.29. The van der Waals surface area contributed by atoms with Crippen LogP contribution >= 0.6 is 0 Å². The van der Waals surface area contributed by atoms with Gasteiger partial charge in [-0.15, -0.1) is 0 Å². The van der Waals surface area contributed by atoms with Crippen LogP contribution in [0.5, 0.6) is 0 Å². The Morgan fingerprint density at radius 1 is 1.55 bits per heavy atom. The van der Waals surface area contributed by atoms with Gasteiger partial charge >= 0.3 is 0 Å². The fraction of sp³-hybridized carbons (Fsp3) is 0.286. The molecule has 60 valence electrons. The molecule has 11 heavy (non-hydrogen) atoms. The van der Waals surface area contributed by atoms with Crippen molar-refractivity contribution in [3.05, 3.63) is 24.5 Å². The third kappa shape index (κ3) is 2.33. The molecule has 1 rings (SSSR count). The van der Waals surface area contributed by atoms with Crippen LogP contribution in [0, 0.1) is 0 Å². The first kappa shape index (κ1) is 7.65. The number of nitrogens with zero attached hydrogens (tertiary/aromatic N) is 2. The second kappa shape index (κ2) is 3.65. The van der Waals surface area contributed by atoms with Crippen LogP contribution in [-0.2, 0) is 0 Å². The molecule has 1 aromatic rings. The molecule has 4 nitrogen and oxygen atoms in total. The molecule has 0 atom stereocenters. The summed E-state index contributed by atoms with van der Waals surface area (Å²) in [6, 6.07) is 3.82. The van der Waals surface area contributed by atoms with Crippen LogP contribution < -0.4 is 11.2 Å². The predicted octanol–water partition coefficient (Wildman–Crippen LogP) is 0.366. The summed E-state index contributed by atoms with van der Waals surface area (Å²) in [5.74, 6) is 0.434. The average molecular weight is 152 g/mol. The van der Waals surface area contributed by atoms with Crippen LogP contribution in [0.2, 0.25) is 0 Å². The Morgan fingerprint density at radius 3 is 2.73 bits per heavy atom. The van der Waals surface area contributed by atoms with Gasteiger partial charge in [-0.3, -0.25) is 15.1 Å². The van der Waals surface area contributed by atoms with Crippen molar-refractivity contribution in [1.82, 2.24) is 4.68 Å². The smallest absolute Gasteiger partial charge is 0.208 e. The van der Waals surface area contributed by atoms with E-state index in [1.165, 1.54) is 0 Å². The summed E-state index contributed by atoms with van der Waals surface area (Å²) in [4.78, 5) is 3.96. The summed E-state index contributed by atoms with van der Waals surface area (Å²) in [6.45, 7) is 2.63. The first-order valence-electron chi connectivity index (χ1n) is 3.53. The fourth-order valence-corrected chi connectivity index (χ4v) is 0.747. The average Bonchev–Trinajstić information content (AvgIpc) is 2.40. The molecular formula is C7H12N4. The number of aromatic nitrogens is 1. The zero-order chi connectivity index (χ0) is 8.10. The van der Waals surface area contributed by atoms with E-state index < -0.39 is 0 Å². The van der Waals surface area contributed by atoms with Crippen molar-refractivity contribution in [2.75, 3.05) is 12.0 Å². The second-order valence-corrected chi connectivity index (χ2v) is 2.06. The van der Waals surface area contributed by atoms with Crippen molar-refractivity contribution >= 4 is 5.96 Å². The Morgan fingerprint density at radius 2 is 2.18 bits per heavy atom. The van der Waals surface area contributed by atoms with E-state index in [1.807, 2.05) is 31.5 Å². The van der Waals surface area contributed by atoms with Gasteiger partial charge in [0.25, 0.3) is 0 Å². The highest BCUT2D eigenvalue weighted by Gasteiger charge is 1.87. The molecule has 0 bridgehead atoms. The Balaban J connectivity index is 2.50. The molecule has 4 heteroatoms. The summed E-state index contributed by atoms with van der Waals surface area (Å²) in [6.07, 6.45) is 3.72. The lowest BCUT2D eigenvalue weighted by atomic mass is 10.7. The molecule has 0 radical (unpaired) electrons. The summed E-state index contributed by atoms with van der Waals surface area (Å²) in [5, 5.41) is 0. The van der Waals surface area contributed by atoms with E-state index in [0.29, 0.717) is 12.5 Å². The highest BCUT2D eigenvalue weighted by Crippen LogP contribution is 1.83. The van der Waals surface area contributed by atoms with Crippen molar-refractivity contribution in [2.45, 2.75) is 6.92 Å². The molecule has 0 fully saturated rings. The highest BCUT2D eigenvalue weighted by molar-refractivity contribution is 5.85. The SMILES string of the molecule is CCN=C(N)Nn1cccc1. The van der Waals surface area contributed by atoms with Crippen molar-refractivity contribution in [3.8, 4) is 0 Å². The number of aliphatic imine (C=N–C) groups is 1. The van der Waals surface area contributed by atoms with E-state index in [1.54, 1.807) is 4.68 Å². The predicted molar refractivity (Wildman–Crippen MR) is 46.0 cm³/mol. The van der Waals surface area contributed by atoms with Crippen LogP contribution in [0.15, 0.2) is 29.5 Å². The van der Waals surface area contributed by atoms with Crippen LogP contribution in [0.25, 0.3) is 0 Å². The lowest BCUT2D eigenvalue weighted by Gasteiger charge is -2.04. The van der Waals surface area contributed by atoms with Gasteiger partial charge in [0, 0.05) is 18.9 Å². The van der Waals surface area contributed by atoms with E-state index >= 15 is 0 Å². The van der Waals surface area contributed by atoms with Gasteiger partial charge in [-0.2, -0.15) is 0 Å². The number of nitrogens with one attached hydrogen (secondary N) is 1. The zero-order valence-corrected chi connectivity index (χ0v) is 6.49.